The Bertz CT molecular complexity index is 942. The smallest absolute Gasteiger partial charge is 0.250 e. The summed E-state index contributed by atoms with van der Waals surface area (Å²) in [5, 5.41) is 5.04. The van der Waals surface area contributed by atoms with Crippen LogP contribution in [0.5, 0.6) is 5.75 Å². The summed E-state index contributed by atoms with van der Waals surface area (Å²) in [6.07, 6.45) is 1.30. The van der Waals surface area contributed by atoms with Crippen LogP contribution < -0.4 is 14.8 Å². The lowest BCUT2D eigenvalue weighted by Crippen LogP contribution is -2.50. The Kier molecular flexibility index (Phi) is 7.18. The van der Waals surface area contributed by atoms with E-state index in [9.17, 15) is 13.2 Å². The lowest BCUT2D eigenvalue weighted by Gasteiger charge is -2.35. The number of anilines is 1. The highest BCUT2D eigenvalue weighted by atomic mass is 35.5. The lowest BCUT2D eigenvalue weighted by molar-refractivity contribution is -0.121. The van der Waals surface area contributed by atoms with Crippen LogP contribution in [0, 0.1) is 0 Å². The number of carbonyl (C=O) groups excluding carboxylic acids is 1. The fraction of sp³-hybridized carbons (Fsp3) is 0.421. The molecule has 1 aromatic heterocycles. The number of methoxy groups -OCH3 is 1. The Morgan fingerprint density at radius 2 is 2.03 bits per heavy atom. The summed E-state index contributed by atoms with van der Waals surface area (Å²) in [5.74, 6) is 0.411. The predicted octanol–water partition coefficient (Wildman–Crippen LogP) is 3.18. The van der Waals surface area contributed by atoms with Crippen LogP contribution in [0.25, 0.3) is 0 Å². The SMILES string of the molecule is COc1ccc(NC(=O)[C@H](C)N2CCC(NS(=O)(=O)c3cccs3)CC2)cc1Cl. The largest absolute Gasteiger partial charge is 0.495 e. The molecule has 2 aromatic rings. The number of benzene rings is 1. The van der Waals surface area contributed by atoms with Crippen LogP contribution in [-0.4, -0.2) is 51.5 Å². The molecule has 0 bridgehead atoms. The zero-order valence-corrected chi connectivity index (χ0v) is 18.6. The fourth-order valence-corrected chi connectivity index (χ4v) is 5.83. The molecular weight excluding hydrogens is 434 g/mol. The molecule has 0 unspecified atom stereocenters. The molecular formula is C19H24ClN3O4S2. The minimum Gasteiger partial charge on any atom is -0.495 e. The van der Waals surface area contributed by atoms with Gasteiger partial charge in [0.15, 0.2) is 0 Å². The molecule has 2 N–H and O–H groups in total. The molecule has 1 aliphatic heterocycles. The molecule has 1 aromatic carbocycles. The summed E-state index contributed by atoms with van der Waals surface area (Å²) in [5.41, 5.74) is 0.603. The van der Waals surface area contributed by atoms with E-state index in [1.54, 1.807) is 35.7 Å². The van der Waals surface area contributed by atoms with Gasteiger partial charge in [-0.2, -0.15) is 0 Å². The molecule has 0 spiro atoms. The Balaban J connectivity index is 1.52. The second-order valence-corrected chi connectivity index (χ2v) is 10.2. The molecule has 1 atom stereocenters. The van der Waals surface area contributed by atoms with Gasteiger partial charge in [0.2, 0.25) is 15.9 Å². The number of ether oxygens (including phenoxy) is 1. The molecule has 0 aliphatic carbocycles. The van der Waals surface area contributed by atoms with Crippen LogP contribution in [0.2, 0.25) is 5.02 Å². The lowest BCUT2D eigenvalue weighted by atomic mass is 10.0. The predicted molar refractivity (Wildman–Crippen MR) is 115 cm³/mol. The first-order valence-electron chi connectivity index (χ1n) is 9.24. The Morgan fingerprint density at radius 1 is 1.31 bits per heavy atom. The number of nitrogens with one attached hydrogen (secondary N) is 2. The van der Waals surface area contributed by atoms with Crippen molar-refractivity contribution < 1.29 is 17.9 Å². The van der Waals surface area contributed by atoms with E-state index in [4.69, 9.17) is 16.3 Å². The van der Waals surface area contributed by atoms with Crippen LogP contribution >= 0.6 is 22.9 Å². The summed E-state index contributed by atoms with van der Waals surface area (Å²) < 4.78 is 32.9. The molecule has 1 saturated heterocycles. The molecule has 1 aliphatic rings. The molecule has 1 fully saturated rings. The van der Waals surface area contributed by atoms with Gasteiger partial charge in [0.05, 0.1) is 18.2 Å². The minimum absolute atomic E-state index is 0.131. The van der Waals surface area contributed by atoms with E-state index in [1.807, 2.05) is 6.92 Å². The first-order valence-corrected chi connectivity index (χ1v) is 12.0. The van der Waals surface area contributed by atoms with Gasteiger partial charge < -0.3 is 10.1 Å². The number of piperidine rings is 1. The van der Waals surface area contributed by atoms with Crippen molar-refractivity contribution in [3.63, 3.8) is 0 Å². The topological polar surface area (TPSA) is 87.7 Å². The molecule has 158 valence electrons. The van der Waals surface area contributed by atoms with Crippen LogP contribution in [0.3, 0.4) is 0 Å². The maximum absolute atomic E-state index is 12.6. The van der Waals surface area contributed by atoms with Gasteiger partial charge in [-0.3, -0.25) is 9.69 Å². The van der Waals surface area contributed by atoms with Crippen LogP contribution in [-0.2, 0) is 14.8 Å². The molecule has 0 saturated carbocycles. The maximum atomic E-state index is 12.6. The minimum atomic E-state index is -3.47. The Morgan fingerprint density at radius 3 is 2.62 bits per heavy atom. The number of nitrogens with zero attached hydrogens (tertiary/aromatic N) is 1. The second kappa shape index (κ2) is 9.44. The number of sulfonamides is 1. The molecule has 3 rings (SSSR count). The van der Waals surface area contributed by atoms with Crippen LogP contribution in [0.1, 0.15) is 19.8 Å². The zero-order valence-electron chi connectivity index (χ0n) is 16.2. The number of thiophene rings is 1. The molecule has 29 heavy (non-hydrogen) atoms. The van der Waals surface area contributed by atoms with Gasteiger partial charge in [0, 0.05) is 24.8 Å². The first kappa shape index (κ1) is 22.0. The van der Waals surface area contributed by atoms with Gasteiger partial charge in [-0.25, -0.2) is 13.1 Å². The van der Waals surface area contributed by atoms with Gasteiger partial charge in [0.1, 0.15) is 9.96 Å². The van der Waals surface area contributed by atoms with Gasteiger partial charge in [-0.15, -0.1) is 11.3 Å². The van der Waals surface area contributed by atoms with Crippen molar-refractivity contribution in [1.29, 1.82) is 0 Å². The number of likely N-dealkylation sites (tertiary alicyclic amines) is 1. The number of hydrogen-bond donors (Lipinski definition) is 2. The first-order chi connectivity index (χ1) is 13.8. The van der Waals surface area contributed by atoms with Crippen molar-refractivity contribution in [3.05, 3.63) is 40.7 Å². The summed E-state index contributed by atoms with van der Waals surface area (Å²) >= 11 is 7.31. The van der Waals surface area contributed by atoms with E-state index < -0.39 is 10.0 Å². The van der Waals surface area contributed by atoms with Gasteiger partial charge in [-0.1, -0.05) is 17.7 Å². The standard InChI is InChI=1S/C19H24ClN3O4S2/c1-13(19(24)21-15-5-6-17(27-2)16(20)12-15)23-9-7-14(8-10-23)22-29(25,26)18-4-3-11-28-18/h3-6,11-14,22H,7-10H2,1-2H3,(H,21,24)/t13-/m0/s1. The van der Waals surface area contributed by atoms with Crippen LogP contribution in [0.4, 0.5) is 5.69 Å². The highest BCUT2D eigenvalue weighted by molar-refractivity contribution is 7.91. The van der Waals surface area contributed by atoms with E-state index >= 15 is 0 Å². The number of hydrogen-bond acceptors (Lipinski definition) is 6. The van der Waals surface area contributed by atoms with E-state index in [2.05, 4.69) is 14.9 Å². The third-order valence-corrected chi connectivity index (χ3v) is 8.17. The normalized spacial score (nSPS) is 17.1. The van der Waals surface area contributed by atoms with Gasteiger partial charge in [-0.05, 0) is 49.4 Å². The fourth-order valence-electron chi connectivity index (χ4n) is 3.26. The van der Waals surface area contributed by atoms with E-state index in [0.717, 1.165) is 0 Å². The van der Waals surface area contributed by atoms with Crippen LogP contribution in [0.15, 0.2) is 39.9 Å². The van der Waals surface area contributed by atoms with Crippen molar-refractivity contribution in [3.8, 4) is 5.75 Å². The quantitative estimate of drug-likeness (QED) is 0.666. The van der Waals surface area contributed by atoms with E-state index in [0.29, 0.717) is 46.6 Å². The maximum Gasteiger partial charge on any atom is 0.250 e. The van der Waals surface area contributed by atoms with Crippen molar-refractivity contribution in [1.82, 2.24) is 9.62 Å². The van der Waals surface area contributed by atoms with Crippen molar-refractivity contribution >= 4 is 44.6 Å². The summed E-state index contributed by atoms with van der Waals surface area (Å²) in [4.78, 5) is 14.7. The average molecular weight is 458 g/mol. The second-order valence-electron chi connectivity index (χ2n) is 6.88. The van der Waals surface area contributed by atoms with Crippen molar-refractivity contribution in [2.24, 2.45) is 0 Å². The van der Waals surface area contributed by atoms with E-state index in [-0.39, 0.29) is 18.0 Å². The summed E-state index contributed by atoms with van der Waals surface area (Å²) in [6.45, 7) is 3.11. The van der Waals surface area contributed by atoms with Gasteiger partial charge >= 0.3 is 0 Å². The monoisotopic (exact) mass is 457 g/mol. The van der Waals surface area contributed by atoms with Crippen molar-refractivity contribution in [2.45, 2.75) is 36.1 Å². The summed E-state index contributed by atoms with van der Waals surface area (Å²) in [6, 6.07) is 7.93. The van der Waals surface area contributed by atoms with Crippen molar-refractivity contribution in [2.75, 3.05) is 25.5 Å². The number of amides is 1. The number of halogens is 1. The molecule has 7 nitrogen and oxygen atoms in total. The molecule has 10 heteroatoms. The molecule has 2 heterocycles. The zero-order chi connectivity index (χ0) is 21.0. The highest BCUT2D eigenvalue weighted by Crippen LogP contribution is 2.27. The average Bonchev–Trinajstić information content (AvgIpc) is 3.24. The number of carbonyl (C=O) groups is 1. The third kappa shape index (κ3) is 5.49. The highest BCUT2D eigenvalue weighted by Gasteiger charge is 2.29. The summed E-state index contributed by atoms with van der Waals surface area (Å²) in [7, 11) is -1.94. The Labute approximate surface area is 180 Å². The number of rotatable bonds is 7. The van der Waals surface area contributed by atoms with E-state index in [1.165, 1.54) is 18.4 Å². The Hall–Kier alpha value is -1.65. The third-order valence-electron chi connectivity index (χ3n) is 4.96. The van der Waals surface area contributed by atoms with Gasteiger partial charge in [0.25, 0.3) is 0 Å². The molecule has 1 amide bonds. The molecule has 0 radical (unpaired) electrons.